The molecule has 0 amide bonds. The maximum absolute atomic E-state index is 5.52. The molecule has 19 heavy (non-hydrogen) atoms. The molecular formula is C16H18N2O. The highest BCUT2D eigenvalue weighted by atomic mass is 16.3. The van der Waals surface area contributed by atoms with E-state index in [1.165, 1.54) is 5.52 Å². The van der Waals surface area contributed by atoms with Crippen LogP contribution in [-0.2, 0) is 6.54 Å². The molecule has 0 saturated carbocycles. The average Bonchev–Trinajstić information content (AvgIpc) is 3.06. The fourth-order valence-electron chi connectivity index (χ4n) is 2.29. The third-order valence-electron chi connectivity index (χ3n) is 3.59. The Morgan fingerprint density at radius 1 is 1.21 bits per heavy atom. The van der Waals surface area contributed by atoms with Gasteiger partial charge >= 0.3 is 0 Å². The van der Waals surface area contributed by atoms with E-state index in [9.17, 15) is 0 Å². The third-order valence-corrected chi connectivity index (χ3v) is 3.59. The van der Waals surface area contributed by atoms with Gasteiger partial charge in [-0.15, -0.1) is 0 Å². The number of aromatic nitrogens is 2. The van der Waals surface area contributed by atoms with Gasteiger partial charge in [0.2, 0.25) is 0 Å². The number of hydrogen-bond acceptors (Lipinski definition) is 2. The Kier molecular flexibility index (Phi) is 3.11. The number of rotatable bonds is 4. The summed E-state index contributed by atoms with van der Waals surface area (Å²) in [7, 11) is 0. The van der Waals surface area contributed by atoms with E-state index in [1.54, 1.807) is 6.26 Å². The normalized spacial score (nSPS) is 12.9. The van der Waals surface area contributed by atoms with Crippen molar-refractivity contribution in [2.45, 2.75) is 26.8 Å². The summed E-state index contributed by atoms with van der Waals surface area (Å²) in [5, 5.41) is 0. The van der Waals surface area contributed by atoms with Crippen molar-refractivity contribution < 1.29 is 4.42 Å². The second kappa shape index (κ2) is 4.92. The monoisotopic (exact) mass is 254 g/mol. The van der Waals surface area contributed by atoms with E-state index in [4.69, 9.17) is 9.40 Å². The Hall–Kier alpha value is -2.03. The molecule has 3 heteroatoms. The molecule has 0 aliphatic heterocycles. The van der Waals surface area contributed by atoms with Gasteiger partial charge in [-0.2, -0.15) is 0 Å². The van der Waals surface area contributed by atoms with Crippen LogP contribution >= 0.6 is 0 Å². The molecule has 3 rings (SSSR count). The van der Waals surface area contributed by atoms with Gasteiger partial charge in [0.25, 0.3) is 0 Å². The molecule has 1 aromatic carbocycles. The van der Waals surface area contributed by atoms with Crippen LogP contribution in [0.1, 0.15) is 20.3 Å². The van der Waals surface area contributed by atoms with Crippen molar-refractivity contribution in [2.75, 3.05) is 0 Å². The minimum absolute atomic E-state index is 0.617. The van der Waals surface area contributed by atoms with Crippen molar-refractivity contribution >= 4 is 11.0 Å². The van der Waals surface area contributed by atoms with Crippen molar-refractivity contribution in [2.24, 2.45) is 5.92 Å². The van der Waals surface area contributed by atoms with E-state index in [-0.39, 0.29) is 0 Å². The minimum atomic E-state index is 0.617. The van der Waals surface area contributed by atoms with E-state index in [1.807, 2.05) is 18.2 Å². The van der Waals surface area contributed by atoms with Crippen LogP contribution in [0, 0.1) is 5.92 Å². The molecule has 98 valence electrons. The number of para-hydroxylation sites is 2. The smallest absolute Gasteiger partial charge is 0.177 e. The molecule has 1 unspecified atom stereocenters. The second-order valence-corrected chi connectivity index (χ2v) is 5.03. The van der Waals surface area contributed by atoms with Crippen LogP contribution in [0.2, 0.25) is 0 Å². The largest absolute Gasteiger partial charge is 0.461 e. The number of hydrogen-bond donors (Lipinski definition) is 0. The third kappa shape index (κ3) is 2.16. The Balaban J connectivity index is 2.17. The van der Waals surface area contributed by atoms with Gasteiger partial charge in [-0.1, -0.05) is 32.4 Å². The lowest BCUT2D eigenvalue weighted by atomic mass is 10.1. The highest BCUT2D eigenvalue weighted by molar-refractivity contribution is 5.79. The van der Waals surface area contributed by atoms with Crippen molar-refractivity contribution in [1.82, 2.24) is 9.55 Å². The average molecular weight is 254 g/mol. The van der Waals surface area contributed by atoms with Gasteiger partial charge in [-0.25, -0.2) is 4.98 Å². The quantitative estimate of drug-likeness (QED) is 0.693. The summed E-state index contributed by atoms with van der Waals surface area (Å²) >= 11 is 0. The molecule has 0 aliphatic carbocycles. The molecule has 2 aromatic heterocycles. The van der Waals surface area contributed by atoms with Gasteiger partial charge in [0.1, 0.15) is 0 Å². The molecular weight excluding hydrogens is 236 g/mol. The van der Waals surface area contributed by atoms with Crippen LogP contribution in [0.5, 0.6) is 0 Å². The minimum Gasteiger partial charge on any atom is -0.461 e. The predicted molar refractivity (Wildman–Crippen MR) is 76.9 cm³/mol. The Labute approximate surface area is 112 Å². The molecule has 0 radical (unpaired) electrons. The van der Waals surface area contributed by atoms with Crippen molar-refractivity contribution in [1.29, 1.82) is 0 Å². The second-order valence-electron chi connectivity index (χ2n) is 5.03. The van der Waals surface area contributed by atoms with Gasteiger partial charge in [-0.3, -0.25) is 0 Å². The maximum atomic E-state index is 5.52. The fourth-order valence-corrected chi connectivity index (χ4v) is 2.29. The Bertz CT molecular complexity index is 667. The molecule has 0 bridgehead atoms. The summed E-state index contributed by atoms with van der Waals surface area (Å²) in [6.45, 7) is 5.45. The van der Waals surface area contributed by atoms with Gasteiger partial charge < -0.3 is 8.98 Å². The zero-order valence-corrected chi connectivity index (χ0v) is 11.3. The standard InChI is InChI=1S/C16H18N2O/c1-3-12(2)11-18-14-8-5-4-7-13(14)17-16(18)15-9-6-10-19-15/h4-10,12H,3,11H2,1-2H3. The number of furan rings is 1. The SMILES string of the molecule is CCC(C)Cn1c(-c2ccco2)nc2ccccc21. The summed E-state index contributed by atoms with van der Waals surface area (Å²) in [5.41, 5.74) is 2.20. The van der Waals surface area contributed by atoms with Gasteiger partial charge in [-0.05, 0) is 30.2 Å². The molecule has 3 aromatic rings. The number of fused-ring (bicyclic) bond motifs is 1. The van der Waals surface area contributed by atoms with E-state index in [2.05, 4.69) is 36.6 Å². The van der Waals surface area contributed by atoms with E-state index in [0.29, 0.717) is 5.92 Å². The number of nitrogens with zero attached hydrogens (tertiary/aromatic N) is 2. The van der Waals surface area contributed by atoms with Gasteiger partial charge in [0.05, 0.1) is 17.3 Å². The summed E-state index contributed by atoms with van der Waals surface area (Å²) < 4.78 is 7.79. The summed E-state index contributed by atoms with van der Waals surface area (Å²) in [6.07, 6.45) is 2.85. The van der Waals surface area contributed by atoms with E-state index >= 15 is 0 Å². The first-order valence-electron chi connectivity index (χ1n) is 6.78. The van der Waals surface area contributed by atoms with Crippen LogP contribution in [0.15, 0.2) is 47.1 Å². The van der Waals surface area contributed by atoms with Gasteiger partial charge in [0.15, 0.2) is 11.6 Å². The predicted octanol–water partition coefficient (Wildman–Crippen LogP) is 4.34. The van der Waals surface area contributed by atoms with Crippen LogP contribution < -0.4 is 0 Å². The van der Waals surface area contributed by atoms with Crippen molar-refractivity contribution in [3.63, 3.8) is 0 Å². The number of benzene rings is 1. The van der Waals surface area contributed by atoms with E-state index in [0.717, 1.165) is 30.1 Å². The summed E-state index contributed by atoms with van der Waals surface area (Å²) in [6, 6.07) is 12.1. The Morgan fingerprint density at radius 3 is 2.79 bits per heavy atom. The molecule has 3 nitrogen and oxygen atoms in total. The highest BCUT2D eigenvalue weighted by Gasteiger charge is 2.15. The highest BCUT2D eigenvalue weighted by Crippen LogP contribution is 2.26. The topological polar surface area (TPSA) is 31.0 Å². The van der Waals surface area contributed by atoms with Crippen LogP contribution in [0.3, 0.4) is 0 Å². The first-order valence-corrected chi connectivity index (χ1v) is 6.78. The van der Waals surface area contributed by atoms with Crippen molar-refractivity contribution in [3.05, 3.63) is 42.7 Å². The maximum Gasteiger partial charge on any atom is 0.177 e. The van der Waals surface area contributed by atoms with Gasteiger partial charge in [0, 0.05) is 6.54 Å². The van der Waals surface area contributed by atoms with Crippen LogP contribution in [0.4, 0.5) is 0 Å². The summed E-state index contributed by atoms with van der Waals surface area (Å²) in [5.74, 6) is 2.37. The molecule has 0 fully saturated rings. The molecule has 0 saturated heterocycles. The zero-order chi connectivity index (χ0) is 13.2. The fraction of sp³-hybridized carbons (Fsp3) is 0.312. The molecule has 0 N–H and O–H groups in total. The van der Waals surface area contributed by atoms with Crippen molar-refractivity contribution in [3.8, 4) is 11.6 Å². The molecule has 1 atom stereocenters. The summed E-state index contributed by atoms with van der Waals surface area (Å²) in [4.78, 5) is 4.71. The van der Waals surface area contributed by atoms with E-state index < -0.39 is 0 Å². The van der Waals surface area contributed by atoms with Crippen LogP contribution in [-0.4, -0.2) is 9.55 Å². The zero-order valence-electron chi connectivity index (χ0n) is 11.3. The first-order chi connectivity index (χ1) is 9.29. The molecule has 0 aliphatic rings. The Morgan fingerprint density at radius 2 is 2.05 bits per heavy atom. The first kappa shape index (κ1) is 12.0. The lowest BCUT2D eigenvalue weighted by Gasteiger charge is -2.12. The lowest BCUT2D eigenvalue weighted by molar-refractivity contribution is 0.473. The molecule has 2 heterocycles. The lowest BCUT2D eigenvalue weighted by Crippen LogP contribution is -2.07. The number of imidazole rings is 1. The van der Waals surface area contributed by atoms with Crippen LogP contribution in [0.25, 0.3) is 22.6 Å². The molecule has 0 spiro atoms.